The van der Waals surface area contributed by atoms with Crippen LogP contribution >= 0.6 is 0 Å². The van der Waals surface area contributed by atoms with Gasteiger partial charge in [0.2, 0.25) is 0 Å². The number of rotatable bonds is 4. The molecule has 2 aliphatic rings. The smallest absolute Gasteiger partial charge is 0.0501 e. The van der Waals surface area contributed by atoms with E-state index in [9.17, 15) is 5.11 Å². The summed E-state index contributed by atoms with van der Waals surface area (Å²) in [6, 6.07) is 0. The molecule has 2 fully saturated rings. The van der Waals surface area contributed by atoms with Crippen LogP contribution in [0.1, 0.15) is 25.7 Å². The van der Waals surface area contributed by atoms with Crippen molar-refractivity contribution in [3.63, 3.8) is 0 Å². The van der Waals surface area contributed by atoms with Crippen molar-refractivity contribution in [3.8, 4) is 0 Å². The van der Waals surface area contributed by atoms with Gasteiger partial charge in [-0.15, -0.1) is 0 Å². The lowest BCUT2D eigenvalue weighted by atomic mass is 9.80. The maximum Gasteiger partial charge on any atom is 0.0501 e. The molecule has 17 heavy (non-hydrogen) atoms. The van der Waals surface area contributed by atoms with E-state index in [1.165, 1.54) is 0 Å². The zero-order valence-electron chi connectivity index (χ0n) is 10.6. The van der Waals surface area contributed by atoms with Crippen molar-refractivity contribution in [3.05, 3.63) is 0 Å². The molecule has 0 radical (unpaired) electrons. The van der Waals surface area contributed by atoms with Crippen LogP contribution in [0.5, 0.6) is 0 Å². The summed E-state index contributed by atoms with van der Waals surface area (Å²) in [7, 11) is 0. The molecule has 2 N–H and O–H groups in total. The molecule has 2 saturated heterocycles. The molecule has 4 heteroatoms. The minimum atomic E-state index is 0.0598. The monoisotopic (exact) mass is 243 g/mol. The van der Waals surface area contributed by atoms with Crippen LogP contribution in [0.3, 0.4) is 0 Å². The van der Waals surface area contributed by atoms with Crippen LogP contribution in [0.25, 0.3) is 0 Å². The normalized spacial score (nSPS) is 27.2. The Bertz CT molecular complexity index is 221. The standard InChI is InChI=1S/C13H25NO3/c15-9-12-1-5-14(6-2-12)10-13(11-16)3-7-17-8-4-13/h12,15-16H,1-11H2. The number of aliphatic hydroxyl groups is 2. The van der Waals surface area contributed by atoms with Crippen LogP contribution in [0, 0.1) is 11.3 Å². The van der Waals surface area contributed by atoms with Gasteiger partial charge in [-0.2, -0.15) is 0 Å². The zero-order valence-corrected chi connectivity index (χ0v) is 10.6. The van der Waals surface area contributed by atoms with Gasteiger partial charge in [-0.25, -0.2) is 0 Å². The van der Waals surface area contributed by atoms with Crippen molar-refractivity contribution in [2.45, 2.75) is 25.7 Å². The van der Waals surface area contributed by atoms with Gasteiger partial charge in [-0.1, -0.05) is 0 Å². The second kappa shape index (κ2) is 6.14. The van der Waals surface area contributed by atoms with Crippen LogP contribution in [0.4, 0.5) is 0 Å². The minimum absolute atomic E-state index is 0.0598. The fraction of sp³-hybridized carbons (Fsp3) is 1.00. The molecule has 0 bridgehead atoms. The molecular formula is C13H25NO3. The molecule has 0 aliphatic carbocycles. The summed E-state index contributed by atoms with van der Waals surface area (Å²) in [5.74, 6) is 0.492. The first-order valence-corrected chi connectivity index (χ1v) is 6.80. The third-order valence-corrected chi connectivity index (χ3v) is 4.41. The number of nitrogens with zero attached hydrogens (tertiary/aromatic N) is 1. The lowest BCUT2D eigenvalue weighted by Crippen LogP contribution is -2.46. The van der Waals surface area contributed by atoms with E-state index in [4.69, 9.17) is 9.84 Å². The number of piperidine rings is 1. The summed E-state index contributed by atoms with van der Waals surface area (Å²) in [5.41, 5.74) is 0.0598. The highest BCUT2D eigenvalue weighted by Gasteiger charge is 2.34. The molecule has 0 atom stereocenters. The van der Waals surface area contributed by atoms with Crippen molar-refractivity contribution < 1.29 is 14.9 Å². The third kappa shape index (κ3) is 3.41. The summed E-state index contributed by atoms with van der Waals surface area (Å²) in [4.78, 5) is 2.45. The van der Waals surface area contributed by atoms with Crippen LogP contribution in [0.15, 0.2) is 0 Å². The molecule has 0 amide bonds. The molecule has 100 valence electrons. The fourth-order valence-corrected chi connectivity index (χ4v) is 2.97. The highest BCUT2D eigenvalue weighted by atomic mass is 16.5. The summed E-state index contributed by atoms with van der Waals surface area (Å²) in [6.07, 6.45) is 4.13. The number of hydrogen-bond donors (Lipinski definition) is 2. The maximum absolute atomic E-state index is 9.65. The van der Waals surface area contributed by atoms with E-state index in [1.54, 1.807) is 0 Å². The lowest BCUT2D eigenvalue weighted by molar-refractivity contribution is -0.0395. The van der Waals surface area contributed by atoms with E-state index >= 15 is 0 Å². The Morgan fingerprint density at radius 3 is 2.29 bits per heavy atom. The molecule has 2 aliphatic heterocycles. The Kier molecular flexibility index (Phi) is 4.79. The Morgan fingerprint density at radius 2 is 1.76 bits per heavy atom. The van der Waals surface area contributed by atoms with Gasteiger partial charge < -0.3 is 19.8 Å². The molecule has 0 aromatic rings. The van der Waals surface area contributed by atoms with Gasteiger partial charge >= 0.3 is 0 Å². The molecule has 4 nitrogen and oxygen atoms in total. The van der Waals surface area contributed by atoms with Gasteiger partial charge in [0.1, 0.15) is 0 Å². The molecule has 0 aromatic heterocycles. The van der Waals surface area contributed by atoms with Gasteiger partial charge in [-0.3, -0.25) is 0 Å². The molecular weight excluding hydrogens is 218 g/mol. The molecule has 0 spiro atoms. The molecule has 0 saturated carbocycles. The molecule has 0 unspecified atom stereocenters. The highest BCUT2D eigenvalue weighted by Crippen LogP contribution is 2.32. The Labute approximate surface area is 104 Å². The van der Waals surface area contributed by atoms with Gasteiger partial charge in [-0.05, 0) is 44.7 Å². The first-order valence-electron chi connectivity index (χ1n) is 6.80. The first-order chi connectivity index (χ1) is 8.28. The molecule has 0 aromatic carbocycles. The van der Waals surface area contributed by atoms with Gasteiger partial charge in [0.25, 0.3) is 0 Å². The van der Waals surface area contributed by atoms with Gasteiger partial charge in [0.05, 0.1) is 6.61 Å². The van der Waals surface area contributed by atoms with E-state index in [-0.39, 0.29) is 12.0 Å². The zero-order chi connectivity index (χ0) is 12.1. The Hall–Kier alpha value is -0.160. The van der Waals surface area contributed by atoms with Crippen LogP contribution in [-0.2, 0) is 4.74 Å². The predicted octanol–water partition coefficient (Wildman–Crippen LogP) is 0.480. The summed E-state index contributed by atoms with van der Waals surface area (Å²) in [6.45, 7) is 5.29. The number of aliphatic hydroxyl groups excluding tert-OH is 2. The largest absolute Gasteiger partial charge is 0.396 e. The Morgan fingerprint density at radius 1 is 1.12 bits per heavy atom. The van der Waals surface area contributed by atoms with Crippen LogP contribution in [-0.4, -0.2) is 61.2 Å². The van der Waals surface area contributed by atoms with E-state index < -0.39 is 0 Å². The Balaban J connectivity index is 1.82. The highest BCUT2D eigenvalue weighted by molar-refractivity contribution is 4.86. The average molecular weight is 243 g/mol. The van der Waals surface area contributed by atoms with Crippen molar-refractivity contribution >= 4 is 0 Å². The lowest BCUT2D eigenvalue weighted by Gasteiger charge is -2.41. The van der Waals surface area contributed by atoms with Gasteiger partial charge in [0, 0.05) is 31.8 Å². The first kappa shape index (κ1) is 13.3. The predicted molar refractivity (Wildman–Crippen MR) is 65.8 cm³/mol. The topological polar surface area (TPSA) is 52.9 Å². The fourth-order valence-electron chi connectivity index (χ4n) is 2.97. The second-order valence-corrected chi connectivity index (χ2v) is 5.67. The number of hydrogen-bond acceptors (Lipinski definition) is 4. The van der Waals surface area contributed by atoms with Crippen molar-refractivity contribution in [1.29, 1.82) is 0 Å². The SMILES string of the molecule is OCC1CCN(CC2(CO)CCOCC2)CC1. The minimum Gasteiger partial charge on any atom is -0.396 e. The summed E-state index contributed by atoms with van der Waals surface area (Å²) >= 11 is 0. The third-order valence-electron chi connectivity index (χ3n) is 4.41. The van der Waals surface area contributed by atoms with Crippen molar-refractivity contribution in [2.75, 3.05) is 46.1 Å². The summed E-state index contributed by atoms with van der Waals surface area (Å²) < 4.78 is 5.39. The quantitative estimate of drug-likeness (QED) is 0.754. The average Bonchev–Trinajstić information content (AvgIpc) is 2.41. The van der Waals surface area contributed by atoms with Crippen molar-refractivity contribution in [1.82, 2.24) is 4.90 Å². The van der Waals surface area contributed by atoms with Crippen LogP contribution < -0.4 is 0 Å². The second-order valence-electron chi connectivity index (χ2n) is 5.67. The van der Waals surface area contributed by atoms with E-state index in [0.717, 1.165) is 58.5 Å². The molecule has 2 rings (SSSR count). The molecule has 2 heterocycles. The van der Waals surface area contributed by atoms with Gasteiger partial charge in [0.15, 0.2) is 0 Å². The van der Waals surface area contributed by atoms with E-state index in [2.05, 4.69) is 4.90 Å². The summed E-state index contributed by atoms with van der Waals surface area (Å²) in [5, 5.41) is 18.8. The number of ether oxygens (including phenoxy) is 1. The van der Waals surface area contributed by atoms with Crippen LogP contribution in [0.2, 0.25) is 0 Å². The maximum atomic E-state index is 9.65. The van der Waals surface area contributed by atoms with Crippen molar-refractivity contribution in [2.24, 2.45) is 11.3 Å². The van der Waals surface area contributed by atoms with E-state index in [0.29, 0.717) is 12.5 Å². The number of likely N-dealkylation sites (tertiary alicyclic amines) is 1. The van der Waals surface area contributed by atoms with E-state index in [1.807, 2.05) is 0 Å².